The van der Waals surface area contributed by atoms with Gasteiger partial charge in [0, 0.05) is 19.4 Å². The lowest BCUT2D eigenvalue weighted by Crippen LogP contribution is -2.49. The Kier molecular flexibility index (Phi) is 16.1. The largest absolute Gasteiger partial charge is 0.461 e. The maximum atomic E-state index is 11.8. The first-order valence-corrected chi connectivity index (χ1v) is 12.1. The van der Waals surface area contributed by atoms with Gasteiger partial charge in [-0.1, -0.05) is 68.9 Å². The molecule has 34 heavy (non-hydrogen) atoms. The minimum Gasteiger partial charge on any atom is -0.461 e. The van der Waals surface area contributed by atoms with Crippen molar-refractivity contribution in [2.45, 2.75) is 95.2 Å². The zero-order valence-corrected chi connectivity index (χ0v) is 19.8. The molecule has 0 radical (unpaired) electrons. The average molecular weight is 484 g/mol. The summed E-state index contributed by atoms with van der Waals surface area (Å²) in [6.07, 6.45) is 1.99. The van der Waals surface area contributed by atoms with E-state index in [-0.39, 0.29) is 18.4 Å². The number of carbonyl (C=O) groups is 2. The average Bonchev–Trinajstić information content (AvgIpc) is 2.86. The molecule has 0 aliphatic rings. The molecule has 1 amide bonds. The van der Waals surface area contributed by atoms with Crippen molar-refractivity contribution in [3.63, 3.8) is 0 Å². The summed E-state index contributed by atoms with van der Waals surface area (Å²) >= 11 is 0. The van der Waals surface area contributed by atoms with Crippen LogP contribution in [0.1, 0.15) is 69.8 Å². The molecule has 1 aromatic rings. The Morgan fingerprint density at radius 2 is 1.29 bits per heavy atom. The van der Waals surface area contributed by atoms with Gasteiger partial charge in [-0.15, -0.1) is 0 Å². The van der Waals surface area contributed by atoms with Crippen LogP contribution in [0.3, 0.4) is 0 Å². The Morgan fingerprint density at radius 3 is 1.88 bits per heavy atom. The summed E-state index contributed by atoms with van der Waals surface area (Å²) in [5.74, 6) is -0.425. The van der Waals surface area contributed by atoms with Gasteiger partial charge < -0.3 is 35.6 Å². The molecule has 0 spiro atoms. The minimum absolute atomic E-state index is 0.164. The summed E-state index contributed by atoms with van der Waals surface area (Å²) in [6.45, 7) is -0.686. The van der Waals surface area contributed by atoms with Gasteiger partial charge in [0.25, 0.3) is 0 Å². The molecule has 4 unspecified atom stereocenters. The van der Waals surface area contributed by atoms with Gasteiger partial charge >= 0.3 is 5.97 Å². The zero-order chi connectivity index (χ0) is 25.2. The van der Waals surface area contributed by atoms with Gasteiger partial charge in [-0.3, -0.25) is 9.59 Å². The zero-order valence-electron chi connectivity index (χ0n) is 19.8. The molecule has 0 aromatic heterocycles. The van der Waals surface area contributed by atoms with Gasteiger partial charge in [0.15, 0.2) is 0 Å². The minimum atomic E-state index is -1.70. The molecule has 194 valence electrons. The molecule has 9 heteroatoms. The van der Waals surface area contributed by atoms with Crippen molar-refractivity contribution in [2.24, 2.45) is 0 Å². The third-order valence-corrected chi connectivity index (χ3v) is 5.61. The number of esters is 1. The lowest BCUT2D eigenvalue weighted by molar-refractivity contribution is -0.145. The van der Waals surface area contributed by atoms with Crippen LogP contribution in [0.25, 0.3) is 0 Å². The van der Waals surface area contributed by atoms with E-state index in [1.807, 2.05) is 30.3 Å². The summed E-state index contributed by atoms with van der Waals surface area (Å²) < 4.78 is 5.26. The Morgan fingerprint density at radius 1 is 0.765 bits per heavy atom. The third-order valence-electron chi connectivity index (χ3n) is 5.61. The van der Waals surface area contributed by atoms with Crippen LogP contribution in [-0.2, 0) is 20.9 Å². The van der Waals surface area contributed by atoms with Gasteiger partial charge in [-0.05, 0) is 18.4 Å². The summed E-state index contributed by atoms with van der Waals surface area (Å²) in [5.41, 5.74) is 0.986. The van der Waals surface area contributed by atoms with E-state index in [2.05, 4.69) is 5.32 Å². The number of unbranched alkanes of at least 4 members (excludes halogenated alkanes) is 7. The second-order valence-electron chi connectivity index (χ2n) is 8.58. The standard InChI is InChI=1S/C25H41NO8/c27-17-21(29)25(33)24(32)20(28)16-26-22(30)14-10-5-3-1-2-4-6-11-15-23(31)34-18-19-12-8-7-9-13-19/h7-9,12-13,20-21,24-25,27-29,32-33H,1-6,10-11,14-18H2,(H,26,30). The Labute approximate surface area is 201 Å². The van der Waals surface area contributed by atoms with E-state index in [4.69, 9.17) is 9.84 Å². The van der Waals surface area contributed by atoms with Crippen LogP contribution in [0.15, 0.2) is 30.3 Å². The first-order valence-electron chi connectivity index (χ1n) is 12.1. The van der Waals surface area contributed by atoms with Crippen LogP contribution < -0.4 is 5.32 Å². The van der Waals surface area contributed by atoms with Crippen molar-refractivity contribution in [3.8, 4) is 0 Å². The van der Waals surface area contributed by atoms with E-state index in [1.54, 1.807) is 0 Å². The van der Waals surface area contributed by atoms with Crippen LogP contribution >= 0.6 is 0 Å². The van der Waals surface area contributed by atoms with E-state index in [1.165, 1.54) is 0 Å². The first kappa shape index (κ1) is 30.0. The highest BCUT2D eigenvalue weighted by molar-refractivity contribution is 5.75. The van der Waals surface area contributed by atoms with Crippen molar-refractivity contribution in [2.75, 3.05) is 13.2 Å². The number of ether oxygens (including phenoxy) is 1. The monoisotopic (exact) mass is 483 g/mol. The number of carbonyl (C=O) groups excluding carboxylic acids is 2. The van der Waals surface area contributed by atoms with Crippen LogP contribution in [0, 0.1) is 0 Å². The van der Waals surface area contributed by atoms with Crippen LogP contribution in [0.4, 0.5) is 0 Å². The molecule has 0 fully saturated rings. The normalized spacial score (nSPS) is 14.7. The van der Waals surface area contributed by atoms with Crippen LogP contribution in [-0.4, -0.2) is 75.0 Å². The van der Waals surface area contributed by atoms with Gasteiger partial charge in [0.2, 0.25) is 5.91 Å². The van der Waals surface area contributed by atoms with Crippen molar-refractivity contribution in [1.82, 2.24) is 5.32 Å². The maximum absolute atomic E-state index is 11.8. The lowest BCUT2D eigenvalue weighted by Gasteiger charge is -2.25. The third kappa shape index (κ3) is 13.6. The molecule has 0 aliphatic carbocycles. The predicted octanol–water partition coefficient (Wildman–Crippen LogP) is 1.18. The lowest BCUT2D eigenvalue weighted by atomic mass is 10.0. The number of rotatable bonds is 19. The smallest absolute Gasteiger partial charge is 0.306 e. The van der Waals surface area contributed by atoms with E-state index in [0.717, 1.165) is 50.5 Å². The van der Waals surface area contributed by atoms with Crippen LogP contribution in [0.2, 0.25) is 0 Å². The summed E-state index contributed by atoms with van der Waals surface area (Å²) in [5, 5.41) is 49.5. The molecular weight excluding hydrogens is 442 g/mol. The maximum Gasteiger partial charge on any atom is 0.306 e. The molecule has 1 rings (SSSR count). The molecule has 1 aromatic carbocycles. The van der Waals surface area contributed by atoms with Gasteiger partial charge in [0.05, 0.1) is 12.7 Å². The highest BCUT2D eigenvalue weighted by Gasteiger charge is 2.30. The Hall–Kier alpha value is -2.04. The van der Waals surface area contributed by atoms with Gasteiger partial charge in [-0.25, -0.2) is 0 Å². The second kappa shape index (κ2) is 18.3. The van der Waals surface area contributed by atoms with Crippen LogP contribution in [0.5, 0.6) is 0 Å². The molecule has 0 saturated carbocycles. The molecule has 9 nitrogen and oxygen atoms in total. The Bertz CT molecular complexity index is 672. The fourth-order valence-electron chi connectivity index (χ4n) is 3.42. The molecule has 0 saturated heterocycles. The summed E-state index contributed by atoms with van der Waals surface area (Å²) in [7, 11) is 0. The SMILES string of the molecule is O=C(CCCCCCCCCCC(=O)OCc1ccccc1)NCC(O)C(O)C(O)C(O)CO. The number of amides is 1. The van der Waals surface area contributed by atoms with Crippen molar-refractivity contribution in [1.29, 1.82) is 0 Å². The van der Waals surface area contributed by atoms with Gasteiger partial charge in [-0.2, -0.15) is 0 Å². The van der Waals surface area contributed by atoms with E-state index in [9.17, 15) is 30.0 Å². The highest BCUT2D eigenvalue weighted by atomic mass is 16.5. The van der Waals surface area contributed by atoms with Gasteiger partial charge in [0.1, 0.15) is 24.9 Å². The molecule has 0 aliphatic heterocycles. The van der Waals surface area contributed by atoms with Crippen molar-refractivity contribution < 1.29 is 39.9 Å². The molecule has 6 N–H and O–H groups in total. The number of aliphatic hydroxyl groups is 5. The number of nitrogens with one attached hydrogen (secondary N) is 1. The first-order chi connectivity index (χ1) is 16.3. The molecule has 0 bridgehead atoms. The van der Waals surface area contributed by atoms with E-state index in [0.29, 0.717) is 25.9 Å². The number of hydrogen-bond acceptors (Lipinski definition) is 8. The second-order valence-corrected chi connectivity index (χ2v) is 8.58. The van der Waals surface area contributed by atoms with Crippen molar-refractivity contribution in [3.05, 3.63) is 35.9 Å². The van der Waals surface area contributed by atoms with E-state index >= 15 is 0 Å². The Balaban J connectivity index is 1.93. The molecule has 4 atom stereocenters. The summed E-state index contributed by atoms with van der Waals surface area (Å²) in [4.78, 5) is 23.6. The molecular formula is C25H41NO8. The predicted molar refractivity (Wildman–Crippen MR) is 127 cm³/mol. The summed E-state index contributed by atoms with van der Waals surface area (Å²) in [6, 6.07) is 9.61. The fraction of sp³-hybridized carbons (Fsp3) is 0.680. The fourth-order valence-corrected chi connectivity index (χ4v) is 3.42. The van der Waals surface area contributed by atoms with E-state index < -0.39 is 31.0 Å². The number of hydrogen-bond donors (Lipinski definition) is 6. The topological polar surface area (TPSA) is 157 Å². The highest BCUT2D eigenvalue weighted by Crippen LogP contribution is 2.12. The molecule has 0 heterocycles. The quantitative estimate of drug-likeness (QED) is 0.127. The number of aliphatic hydroxyl groups excluding tert-OH is 5. The van der Waals surface area contributed by atoms with Crippen molar-refractivity contribution >= 4 is 11.9 Å². The number of benzene rings is 1.